The molecule has 1 aromatic heterocycles. The van der Waals surface area contributed by atoms with Crippen molar-refractivity contribution in [2.75, 3.05) is 26.9 Å². The van der Waals surface area contributed by atoms with E-state index in [4.69, 9.17) is 4.74 Å². The lowest BCUT2D eigenvalue weighted by Crippen LogP contribution is -2.47. The monoisotopic (exact) mass is 509 g/mol. The first-order valence-electron chi connectivity index (χ1n) is 13.3. The van der Waals surface area contributed by atoms with Crippen LogP contribution in [-0.2, 0) is 22.5 Å². The number of aromatic nitrogens is 1. The molecule has 1 aliphatic heterocycles. The SMILES string of the molecule is COC(=O)c1ccc2c(c1)c(CN1CCCN(C(=O)Cc3ccc(C(C)C)cc3)C1)cn2-c1ccccc1. The molecule has 5 rings (SSSR count). The van der Waals surface area contributed by atoms with E-state index in [1.807, 2.05) is 41.3 Å². The molecule has 3 aromatic carbocycles. The number of fused-ring (bicyclic) bond motifs is 1. The van der Waals surface area contributed by atoms with Crippen molar-refractivity contribution in [1.29, 1.82) is 0 Å². The molecule has 6 nitrogen and oxygen atoms in total. The van der Waals surface area contributed by atoms with Gasteiger partial charge in [-0.3, -0.25) is 9.69 Å². The van der Waals surface area contributed by atoms with Crippen LogP contribution in [0.5, 0.6) is 0 Å². The third-order valence-corrected chi connectivity index (χ3v) is 7.36. The summed E-state index contributed by atoms with van der Waals surface area (Å²) in [7, 11) is 1.40. The van der Waals surface area contributed by atoms with Gasteiger partial charge in [-0.1, -0.05) is 56.3 Å². The zero-order chi connectivity index (χ0) is 26.6. The standard InChI is InChI=1S/C32H35N3O3/c1-23(2)25-12-10-24(11-13-25)18-31(36)34-17-7-16-33(22-34)20-27-21-35(28-8-5-4-6-9-28)30-15-14-26(19-29(27)30)32(37)38-3/h4-6,8-15,19,21,23H,7,16-18,20,22H2,1-3H3. The molecule has 2 heterocycles. The number of ether oxygens (including phenoxy) is 1. The second-order valence-electron chi connectivity index (χ2n) is 10.4. The van der Waals surface area contributed by atoms with Gasteiger partial charge in [0.1, 0.15) is 0 Å². The van der Waals surface area contributed by atoms with E-state index in [2.05, 4.69) is 65.9 Å². The van der Waals surface area contributed by atoms with Gasteiger partial charge in [-0.15, -0.1) is 0 Å². The van der Waals surface area contributed by atoms with Gasteiger partial charge in [-0.05, 0) is 59.4 Å². The van der Waals surface area contributed by atoms with Gasteiger partial charge < -0.3 is 14.2 Å². The molecular formula is C32H35N3O3. The summed E-state index contributed by atoms with van der Waals surface area (Å²) in [5.41, 5.74) is 6.09. The minimum Gasteiger partial charge on any atom is -0.465 e. The Kier molecular flexibility index (Phi) is 7.61. The van der Waals surface area contributed by atoms with Gasteiger partial charge in [0, 0.05) is 36.9 Å². The molecule has 1 saturated heterocycles. The number of hydrogen-bond donors (Lipinski definition) is 0. The first kappa shape index (κ1) is 25.7. The Morgan fingerprint density at radius 1 is 0.947 bits per heavy atom. The average molecular weight is 510 g/mol. The van der Waals surface area contributed by atoms with Gasteiger partial charge in [0.25, 0.3) is 0 Å². The zero-order valence-corrected chi connectivity index (χ0v) is 22.4. The Morgan fingerprint density at radius 3 is 2.42 bits per heavy atom. The maximum absolute atomic E-state index is 13.2. The number of benzene rings is 3. The van der Waals surface area contributed by atoms with E-state index in [0.717, 1.165) is 47.2 Å². The summed E-state index contributed by atoms with van der Waals surface area (Å²) in [6.45, 7) is 7.33. The Hall–Kier alpha value is -3.90. The van der Waals surface area contributed by atoms with Crippen LogP contribution in [-0.4, -0.2) is 53.1 Å². The minimum atomic E-state index is -0.346. The maximum Gasteiger partial charge on any atom is 0.337 e. The molecule has 0 bridgehead atoms. The number of amides is 1. The van der Waals surface area contributed by atoms with Gasteiger partial charge in [0.2, 0.25) is 5.91 Å². The summed E-state index contributed by atoms with van der Waals surface area (Å²) in [5, 5.41) is 1.02. The number of carbonyl (C=O) groups excluding carboxylic acids is 2. The molecule has 0 atom stereocenters. The van der Waals surface area contributed by atoms with Crippen LogP contribution in [0.2, 0.25) is 0 Å². The van der Waals surface area contributed by atoms with Crippen molar-refractivity contribution in [1.82, 2.24) is 14.4 Å². The van der Waals surface area contributed by atoms with E-state index in [1.165, 1.54) is 12.7 Å². The van der Waals surface area contributed by atoms with Crippen molar-refractivity contribution in [3.8, 4) is 5.69 Å². The molecule has 1 aliphatic rings. The van der Waals surface area contributed by atoms with Gasteiger partial charge in [0.05, 0.1) is 31.3 Å². The third kappa shape index (κ3) is 5.50. The Bertz CT molecular complexity index is 1420. The molecule has 4 aromatic rings. The smallest absolute Gasteiger partial charge is 0.337 e. The number of methoxy groups -OCH3 is 1. The normalized spacial score (nSPS) is 14.3. The van der Waals surface area contributed by atoms with Crippen molar-refractivity contribution in [3.63, 3.8) is 0 Å². The Labute approximate surface area is 224 Å². The van der Waals surface area contributed by atoms with Crippen LogP contribution < -0.4 is 0 Å². The van der Waals surface area contributed by atoms with Gasteiger partial charge >= 0.3 is 5.97 Å². The van der Waals surface area contributed by atoms with Crippen LogP contribution in [0.3, 0.4) is 0 Å². The van der Waals surface area contributed by atoms with Crippen molar-refractivity contribution in [3.05, 3.63) is 101 Å². The molecule has 6 heteroatoms. The molecule has 38 heavy (non-hydrogen) atoms. The molecular weight excluding hydrogens is 474 g/mol. The van der Waals surface area contributed by atoms with Crippen LogP contribution in [0.15, 0.2) is 79.0 Å². The van der Waals surface area contributed by atoms with Crippen molar-refractivity contribution >= 4 is 22.8 Å². The van der Waals surface area contributed by atoms with Crippen LogP contribution in [0.4, 0.5) is 0 Å². The molecule has 0 radical (unpaired) electrons. The molecule has 0 aliphatic carbocycles. The highest BCUT2D eigenvalue weighted by Crippen LogP contribution is 2.28. The highest BCUT2D eigenvalue weighted by Gasteiger charge is 2.23. The second-order valence-corrected chi connectivity index (χ2v) is 10.4. The van der Waals surface area contributed by atoms with Gasteiger partial charge in [0.15, 0.2) is 0 Å². The van der Waals surface area contributed by atoms with Crippen LogP contribution in [0.25, 0.3) is 16.6 Å². The number of hydrogen-bond acceptors (Lipinski definition) is 4. The van der Waals surface area contributed by atoms with Crippen LogP contribution >= 0.6 is 0 Å². The van der Waals surface area contributed by atoms with E-state index in [9.17, 15) is 9.59 Å². The second kappa shape index (κ2) is 11.2. The summed E-state index contributed by atoms with van der Waals surface area (Å²) in [4.78, 5) is 29.7. The molecule has 1 amide bonds. The quantitative estimate of drug-likeness (QED) is 0.297. The van der Waals surface area contributed by atoms with Crippen LogP contribution in [0.1, 0.15) is 53.2 Å². The molecule has 0 spiro atoms. The fourth-order valence-corrected chi connectivity index (χ4v) is 5.22. The Morgan fingerprint density at radius 2 is 1.71 bits per heavy atom. The number of carbonyl (C=O) groups is 2. The zero-order valence-electron chi connectivity index (χ0n) is 22.4. The number of rotatable bonds is 7. The number of para-hydroxylation sites is 1. The van der Waals surface area contributed by atoms with E-state index in [1.54, 1.807) is 0 Å². The molecule has 0 N–H and O–H groups in total. The topological polar surface area (TPSA) is 54.8 Å². The predicted molar refractivity (Wildman–Crippen MR) is 150 cm³/mol. The third-order valence-electron chi connectivity index (χ3n) is 7.36. The summed E-state index contributed by atoms with van der Waals surface area (Å²) < 4.78 is 7.14. The summed E-state index contributed by atoms with van der Waals surface area (Å²) in [6.07, 6.45) is 3.50. The van der Waals surface area contributed by atoms with Crippen molar-refractivity contribution < 1.29 is 14.3 Å². The minimum absolute atomic E-state index is 0.159. The molecule has 196 valence electrons. The highest BCUT2D eigenvalue weighted by atomic mass is 16.5. The van der Waals surface area contributed by atoms with Crippen molar-refractivity contribution in [2.45, 2.75) is 39.2 Å². The highest BCUT2D eigenvalue weighted by molar-refractivity contribution is 5.96. The predicted octanol–water partition coefficient (Wildman–Crippen LogP) is 5.78. The van der Waals surface area contributed by atoms with Gasteiger partial charge in [-0.2, -0.15) is 0 Å². The van der Waals surface area contributed by atoms with E-state index >= 15 is 0 Å². The summed E-state index contributed by atoms with van der Waals surface area (Å²) in [6, 6.07) is 24.3. The lowest BCUT2D eigenvalue weighted by atomic mass is 10.0. The lowest BCUT2D eigenvalue weighted by Gasteiger charge is -2.35. The Balaban J connectivity index is 1.36. The summed E-state index contributed by atoms with van der Waals surface area (Å²) in [5.74, 6) is 0.292. The summed E-state index contributed by atoms with van der Waals surface area (Å²) >= 11 is 0. The van der Waals surface area contributed by atoms with E-state index in [-0.39, 0.29) is 11.9 Å². The number of nitrogens with zero attached hydrogens (tertiary/aromatic N) is 3. The maximum atomic E-state index is 13.2. The van der Waals surface area contributed by atoms with Crippen molar-refractivity contribution in [2.24, 2.45) is 0 Å². The number of esters is 1. The van der Waals surface area contributed by atoms with E-state index < -0.39 is 0 Å². The van der Waals surface area contributed by atoms with E-state index in [0.29, 0.717) is 31.1 Å². The molecule has 1 fully saturated rings. The average Bonchev–Trinajstić information content (AvgIpc) is 3.31. The molecule has 0 saturated carbocycles. The van der Waals surface area contributed by atoms with Gasteiger partial charge in [-0.25, -0.2) is 4.79 Å². The first-order chi connectivity index (χ1) is 18.4. The fourth-order valence-electron chi connectivity index (χ4n) is 5.22. The van der Waals surface area contributed by atoms with Crippen LogP contribution in [0, 0.1) is 0 Å². The largest absolute Gasteiger partial charge is 0.465 e. The lowest BCUT2D eigenvalue weighted by molar-refractivity contribution is -0.134. The first-order valence-corrected chi connectivity index (χ1v) is 13.3. The fraction of sp³-hybridized carbons (Fsp3) is 0.312. The molecule has 0 unspecified atom stereocenters.